The molecule has 4 rings (SSSR count). The fourth-order valence-corrected chi connectivity index (χ4v) is 3.64. The molecule has 0 bridgehead atoms. The summed E-state index contributed by atoms with van der Waals surface area (Å²) in [7, 11) is 0. The Morgan fingerprint density at radius 2 is 1.40 bits per heavy atom. The van der Waals surface area contributed by atoms with Gasteiger partial charge in [-0.1, -0.05) is 60.7 Å². The Morgan fingerprint density at radius 1 is 0.720 bits per heavy atom. The Bertz CT molecular complexity index is 1020. The molecule has 0 unspecified atom stereocenters. The molecule has 0 saturated heterocycles. The summed E-state index contributed by atoms with van der Waals surface area (Å²) in [5, 5.41) is 2.47. The normalized spacial score (nSPS) is 11.1. The van der Waals surface area contributed by atoms with Gasteiger partial charge in [0.1, 0.15) is 0 Å². The lowest BCUT2D eigenvalue weighted by molar-refractivity contribution is 0.874. The van der Waals surface area contributed by atoms with Crippen LogP contribution in [0.4, 0.5) is 5.69 Å². The van der Waals surface area contributed by atoms with Crippen LogP contribution >= 0.6 is 0 Å². The summed E-state index contributed by atoms with van der Waals surface area (Å²) in [5.41, 5.74) is 5.89. The quantitative estimate of drug-likeness (QED) is 0.434. The summed E-state index contributed by atoms with van der Waals surface area (Å²) in [6, 6.07) is 25.5. The van der Waals surface area contributed by atoms with Crippen LogP contribution in [0.3, 0.4) is 0 Å². The highest BCUT2D eigenvalue weighted by molar-refractivity contribution is 6.13. The zero-order valence-electron chi connectivity index (χ0n) is 14.7. The zero-order chi connectivity index (χ0) is 17.2. The van der Waals surface area contributed by atoms with Gasteiger partial charge < -0.3 is 4.90 Å². The Labute approximate surface area is 148 Å². The molecule has 1 aromatic heterocycles. The first-order valence-corrected chi connectivity index (χ1v) is 8.95. The molecule has 0 amide bonds. The number of rotatable bonds is 4. The molecule has 3 aromatic carbocycles. The van der Waals surface area contributed by atoms with Crippen LogP contribution in [0.5, 0.6) is 0 Å². The fourth-order valence-electron chi connectivity index (χ4n) is 3.64. The monoisotopic (exact) mass is 326 g/mol. The van der Waals surface area contributed by atoms with E-state index in [2.05, 4.69) is 91.5 Å². The highest BCUT2D eigenvalue weighted by Crippen LogP contribution is 2.39. The number of fused-ring (bicyclic) bond motifs is 2. The van der Waals surface area contributed by atoms with Crippen LogP contribution < -0.4 is 4.90 Å². The van der Waals surface area contributed by atoms with Gasteiger partial charge in [-0.3, -0.25) is 0 Å². The second-order valence-corrected chi connectivity index (χ2v) is 6.22. The minimum atomic E-state index is 0.975. The Morgan fingerprint density at radius 3 is 2.16 bits per heavy atom. The van der Waals surface area contributed by atoms with Gasteiger partial charge in [-0.15, -0.1) is 0 Å². The van der Waals surface area contributed by atoms with Gasteiger partial charge in [-0.25, -0.2) is 4.98 Å². The third-order valence-electron chi connectivity index (χ3n) is 4.84. The summed E-state index contributed by atoms with van der Waals surface area (Å²) in [6.07, 6.45) is 0. The molecule has 2 heteroatoms. The minimum absolute atomic E-state index is 0.975. The van der Waals surface area contributed by atoms with Crippen molar-refractivity contribution in [1.29, 1.82) is 0 Å². The predicted octanol–water partition coefficient (Wildman–Crippen LogP) is 5.90. The average Bonchev–Trinajstić information content (AvgIpc) is 2.68. The average molecular weight is 326 g/mol. The largest absolute Gasteiger partial charge is 0.371 e. The molecule has 0 aliphatic rings. The topological polar surface area (TPSA) is 16.1 Å². The number of hydrogen-bond donors (Lipinski definition) is 0. The van der Waals surface area contributed by atoms with E-state index < -0.39 is 0 Å². The lowest BCUT2D eigenvalue weighted by Gasteiger charge is -2.26. The molecule has 0 aliphatic carbocycles. The summed E-state index contributed by atoms with van der Waals surface area (Å²) < 4.78 is 0. The maximum atomic E-state index is 4.95. The van der Waals surface area contributed by atoms with E-state index in [1.165, 1.54) is 27.6 Å². The van der Waals surface area contributed by atoms with Crippen molar-refractivity contribution in [1.82, 2.24) is 4.98 Å². The molecule has 4 aromatic rings. The number of hydrogen-bond acceptors (Lipinski definition) is 2. The molecule has 0 atom stereocenters. The first-order chi connectivity index (χ1) is 12.3. The molecule has 0 radical (unpaired) electrons. The zero-order valence-corrected chi connectivity index (χ0v) is 14.7. The van der Waals surface area contributed by atoms with E-state index in [1.807, 2.05) is 0 Å². The lowest BCUT2D eigenvalue weighted by atomic mass is 9.97. The van der Waals surface area contributed by atoms with Gasteiger partial charge in [0, 0.05) is 23.9 Å². The van der Waals surface area contributed by atoms with Crippen molar-refractivity contribution >= 4 is 27.5 Å². The van der Waals surface area contributed by atoms with Crippen molar-refractivity contribution in [3.8, 4) is 11.1 Å². The number of pyridine rings is 1. The molecule has 0 fully saturated rings. The van der Waals surface area contributed by atoms with Crippen molar-refractivity contribution in [2.24, 2.45) is 0 Å². The van der Waals surface area contributed by atoms with Crippen LogP contribution in [0.15, 0.2) is 72.8 Å². The van der Waals surface area contributed by atoms with Gasteiger partial charge in [0.15, 0.2) is 0 Å². The van der Waals surface area contributed by atoms with Gasteiger partial charge in [0.05, 0.1) is 16.7 Å². The molecule has 2 nitrogen and oxygen atoms in total. The van der Waals surface area contributed by atoms with Gasteiger partial charge in [-0.2, -0.15) is 0 Å². The highest BCUT2D eigenvalue weighted by atomic mass is 15.1. The van der Waals surface area contributed by atoms with Gasteiger partial charge in [0.2, 0.25) is 0 Å². The van der Waals surface area contributed by atoms with Crippen molar-refractivity contribution in [3.63, 3.8) is 0 Å². The number of anilines is 1. The standard InChI is InChI=1S/C23H22N2/c1-3-25(4-2)23-19-13-8-9-15-20(19)24-21-16-10-14-18(22(21)23)17-11-6-5-7-12-17/h5-16H,3-4H2,1-2H3. The number of para-hydroxylation sites is 1. The fraction of sp³-hybridized carbons (Fsp3) is 0.174. The maximum absolute atomic E-state index is 4.95. The van der Waals surface area contributed by atoms with E-state index in [4.69, 9.17) is 4.98 Å². The molecule has 1 heterocycles. The first-order valence-electron chi connectivity index (χ1n) is 8.95. The third kappa shape index (κ3) is 2.64. The number of nitrogens with zero attached hydrogens (tertiary/aromatic N) is 2. The van der Waals surface area contributed by atoms with Crippen molar-refractivity contribution in [2.45, 2.75) is 13.8 Å². The molecule has 0 N–H and O–H groups in total. The van der Waals surface area contributed by atoms with Gasteiger partial charge in [-0.05, 0) is 37.1 Å². The maximum Gasteiger partial charge on any atom is 0.0736 e. The minimum Gasteiger partial charge on any atom is -0.371 e. The van der Waals surface area contributed by atoms with Gasteiger partial charge in [0.25, 0.3) is 0 Å². The van der Waals surface area contributed by atoms with Crippen LogP contribution in [0.1, 0.15) is 13.8 Å². The van der Waals surface area contributed by atoms with Crippen LogP contribution in [-0.2, 0) is 0 Å². The van der Waals surface area contributed by atoms with Gasteiger partial charge >= 0.3 is 0 Å². The van der Waals surface area contributed by atoms with Crippen molar-refractivity contribution < 1.29 is 0 Å². The van der Waals surface area contributed by atoms with Crippen LogP contribution in [0, 0.1) is 0 Å². The molecule has 0 spiro atoms. The second kappa shape index (κ2) is 6.56. The predicted molar refractivity (Wildman–Crippen MR) is 108 cm³/mol. The molecule has 124 valence electrons. The summed E-state index contributed by atoms with van der Waals surface area (Å²) in [5.74, 6) is 0. The Balaban J connectivity index is 2.17. The molecule has 25 heavy (non-hydrogen) atoms. The van der Waals surface area contributed by atoms with E-state index in [1.54, 1.807) is 0 Å². The summed E-state index contributed by atoms with van der Waals surface area (Å²) in [4.78, 5) is 7.39. The van der Waals surface area contributed by atoms with E-state index in [0.717, 1.165) is 24.1 Å². The lowest BCUT2D eigenvalue weighted by Crippen LogP contribution is -2.22. The summed E-state index contributed by atoms with van der Waals surface area (Å²) >= 11 is 0. The number of benzene rings is 3. The molecular weight excluding hydrogens is 304 g/mol. The van der Waals surface area contributed by atoms with E-state index in [9.17, 15) is 0 Å². The second-order valence-electron chi connectivity index (χ2n) is 6.22. The first kappa shape index (κ1) is 15.6. The number of aromatic nitrogens is 1. The third-order valence-corrected chi connectivity index (χ3v) is 4.84. The van der Waals surface area contributed by atoms with Crippen molar-refractivity contribution in [2.75, 3.05) is 18.0 Å². The van der Waals surface area contributed by atoms with E-state index in [-0.39, 0.29) is 0 Å². The van der Waals surface area contributed by atoms with Crippen molar-refractivity contribution in [3.05, 3.63) is 72.8 Å². The van der Waals surface area contributed by atoms with E-state index >= 15 is 0 Å². The van der Waals surface area contributed by atoms with Crippen LogP contribution in [0.2, 0.25) is 0 Å². The highest BCUT2D eigenvalue weighted by Gasteiger charge is 2.16. The Hall–Kier alpha value is -2.87. The molecular formula is C23H22N2. The van der Waals surface area contributed by atoms with Crippen LogP contribution in [0.25, 0.3) is 32.9 Å². The summed E-state index contributed by atoms with van der Waals surface area (Å²) in [6.45, 7) is 6.39. The SMILES string of the molecule is CCN(CC)c1c2ccccc2nc2cccc(-c3ccccc3)c12. The van der Waals surface area contributed by atoms with Crippen LogP contribution in [-0.4, -0.2) is 18.1 Å². The smallest absolute Gasteiger partial charge is 0.0736 e. The Kier molecular flexibility index (Phi) is 4.10. The molecule has 0 saturated carbocycles. The molecule has 0 aliphatic heterocycles. The van der Waals surface area contributed by atoms with E-state index in [0.29, 0.717) is 0 Å².